The van der Waals surface area contributed by atoms with E-state index in [1.807, 2.05) is 13.0 Å². The van der Waals surface area contributed by atoms with E-state index in [0.29, 0.717) is 25.6 Å². The number of piperidine rings is 1. The number of ether oxygens (including phenoxy) is 1. The molecule has 0 saturated carbocycles. The maximum Gasteiger partial charge on any atom is 0.310 e. The van der Waals surface area contributed by atoms with Crippen molar-refractivity contribution in [1.29, 1.82) is 0 Å². The Hall–Kier alpha value is -2.05. The topological polar surface area (TPSA) is 80.0 Å². The average Bonchev–Trinajstić information content (AvgIpc) is 3.12. The predicted molar refractivity (Wildman–Crippen MR) is 101 cm³/mol. The third-order valence-electron chi connectivity index (χ3n) is 4.95. The van der Waals surface area contributed by atoms with E-state index in [2.05, 4.69) is 34.2 Å². The molecule has 146 valence electrons. The molecular formula is C19H32N4O3. The molecule has 1 unspecified atom stereocenters. The molecular weight excluding hydrogens is 332 g/mol. The summed E-state index contributed by atoms with van der Waals surface area (Å²) in [6, 6.07) is 2.02. The lowest BCUT2D eigenvalue weighted by Gasteiger charge is -2.33. The number of aromatic nitrogens is 1. The number of esters is 1. The summed E-state index contributed by atoms with van der Waals surface area (Å²) in [6.07, 6.45) is 3.93. The molecule has 0 bridgehead atoms. The molecule has 0 spiro atoms. The number of nitrogens with one attached hydrogen (secondary N) is 1. The highest BCUT2D eigenvalue weighted by Gasteiger charge is 2.28. The van der Waals surface area contributed by atoms with Gasteiger partial charge in [0.05, 0.1) is 24.8 Å². The molecule has 1 atom stereocenters. The van der Waals surface area contributed by atoms with E-state index in [4.69, 9.17) is 9.26 Å². The quantitative estimate of drug-likeness (QED) is 0.455. The zero-order chi connectivity index (χ0) is 18.9. The first-order valence-electron chi connectivity index (χ1n) is 9.70. The van der Waals surface area contributed by atoms with Gasteiger partial charge in [0.1, 0.15) is 0 Å². The summed E-state index contributed by atoms with van der Waals surface area (Å²) in [5, 5.41) is 7.53. The molecule has 2 heterocycles. The molecule has 0 aromatic carbocycles. The second kappa shape index (κ2) is 10.2. The van der Waals surface area contributed by atoms with Gasteiger partial charge < -0.3 is 19.5 Å². The van der Waals surface area contributed by atoms with Gasteiger partial charge in [-0.1, -0.05) is 19.0 Å². The Balaban J connectivity index is 1.92. The van der Waals surface area contributed by atoms with Gasteiger partial charge in [-0.05, 0) is 32.6 Å². The van der Waals surface area contributed by atoms with Crippen LogP contribution in [0.25, 0.3) is 0 Å². The summed E-state index contributed by atoms with van der Waals surface area (Å²) in [5.41, 5.74) is 1.02. The molecule has 0 amide bonds. The standard InChI is InChI=1S/C19H32N4O3/c1-5-14(6-2)17-11-16(26-22-17)12-21-19(20-4)23-10-8-9-15(13-23)18(24)25-7-3/h11,14-15H,5-10,12-13H2,1-4H3,(H,20,21). The van der Waals surface area contributed by atoms with E-state index in [9.17, 15) is 4.79 Å². The van der Waals surface area contributed by atoms with E-state index < -0.39 is 0 Å². The number of likely N-dealkylation sites (tertiary alicyclic amines) is 1. The van der Waals surface area contributed by atoms with Crippen molar-refractivity contribution in [1.82, 2.24) is 15.4 Å². The van der Waals surface area contributed by atoms with Gasteiger partial charge in [-0.15, -0.1) is 0 Å². The smallest absolute Gasteiger partial charge is 0.310 e. The van der Waals surface area contributed by atoms with E-state index in [1.54, 1.807) is 7.05 Å². The molecule has 1 aromatic rings. The number of rotatable bonds is 7. The molecule has 1 N–H and O–H groups in total. The first kappa shape index (κ1) is 20.3. The molecule has 7 nitrogen and oxygen atoms in total. The first-order chi connectivity index (χ1) is 12.6. The monoisotopic (exact) mass is 364 g/mol. The minimum Gasteiger partial charge on any atom is -0.466 e. The van der Waals surface area contributed by atoms with Crippen LogP contribution >= 0.6 is 0 Å². The van der Waals surface area contributed by atoms with Crippen molar-refractivity contribution >= 4 is 11.9 Å². The Labute approximate surface area is 156 Å². The van der Waals surface area contributed by atoms with Crippen molar-refractivity contribution in [2.24, 2.45) is 10.9 Å². The second-order valence-corrected chi connectivity index (χ2v) is 6.67. The van der Waals surface area contributed by atoms with Crippen LogP contribution in [0.2, 0.25) is 0 Å². The Bertz CT molecular complexity index is 595. The van der Waals surface area contributed by atoms with E-state index in [1.165, 1.54) is 0 Å². The lowest BCUT2D eigenvalue weighted by Crippen LogP contribution is -2.48. The highest BCUT2D eigenvalue weighted by molar-refractivity contribution is 5.81. The molecule has 1 aliphatic heterocycles. The van der Waals surface area contributed by atoms with Crippen LogP contribution in [0.15, 0.2) is 15.6 Å². The van der Waals surface area contributed by atoms with Gasteiger partial charge in [-0.3, -0.25) is 9.79 Å². The molecule has 1 aliphatic rings. The normalized spacial score (nSPS) is 18.3. The third kappa shape index (κ3) is 5.22. The van der Waals surface area contributed by atoms with Crippen molar-refractivity contribution in [3.63, 3.8) is 0 Å². The van der Waals surface area contributed by atoms with Crippen molar-refractivity contribution in [3.8, 4) is 0 Å². The fourth-order valence-corrected chi connectivity index (χ4v) is 3.43. The number of nitrogens with zero attached hydrogens (tertiary/aromatic N) is 3. The van der Waals surface area contributed by atoms with Crippen molar-refractivity contribution in [2.45, 2.75) is 58.9 Å². The van der Waals surface area contributed by atoms with E-state index in [-0.39, 0.29) is 11.9 Å². The van der Waals surface area contributed by atoms with Crippen molar-refractivity contribution < 1.29 is 14.1 Å². The number of aliphatic imine (C=N–C) groups is 1. The second-order valence-electron chi connectivity index (χ2n) is 6.67. The lowest BCUT2D eigenvalue weighted by atomic mass is 9.98. The maximum absolute atomic E-state index is 12.0. The average molecular weight is 364 g/mol. The summed E-state index contributed by atoms with van der Waals surface area (Å²) in [5.74, 6) is 1.82. The highest BCUT2D eigenvalue weighted by atomic mass is 16.5. The van der Waals surface area contributed by atoms with Gasteiger partial charge in [0, 0.05) is 32.1 Å². The van der Waals surface area contributed by atoms with Gasteiger partial charge >= 0.3 is 5.97 Å². The molecule has 0 radical (unpaired) electrons. The zero-order valence-corrected chi connectivity index (χ0v) is 16.5. The fraction of sp³-hybridized carbons (Fsp3) is 0.737. The van der Waals surface area contributed by atoms with Gasteiger partial charge in [0.15, 0.2) is 11.7 Å². The minimum atomic E-state index is -0.113. The van der Waals surface area contributed by atoms with Crippen LogP contribution in [-0.2, 0) is 16.1 Å². The summed E-state index contributed by atoms with van der Waals surface area (Å²) >= 11 is 0. The first-order valence-corrected chi connectivity index (χ1v) is 9.70. The van der Waals surface area contributed by atoms with Gasteiger partial charge in [0.25, 0.3) is 0 Å². The Morgan fingerprint density at radius 1 is 1.46 bits per heavy atom. The number of hydrogen-bond acceptors (Lipinski definition) is 5. The van der Waals surface area contributed by atoms with Crippen LogP contribution in [-0.4, -0.2) is 48.7 Å². The third-order valence-corrected chi connectivity index (χ3v) is 4.95. The Morgan fingerprint density at radius 3 is 2.88 bits per heavy atom. The molecule has 2 rings (SSSR count). The van der Waals surface area contributed by atoms with Crippen LogP contribution in [0.5, 0.6) is 0 Å². The van der Waals surface area contributed by atoms with E-state index >= 15 is 0 Å². The van der Waals surface area contributed by atoms with Crippen LogP contribution in [0.1, 0.15) is 63.8 Å². The molecule has 26 heavy (non-hydrogen) atoms. The van der Waals surface area contributed by atoms with Gasteiger partial charge in [0.2, 0.25) is 0 Å². The number of hydrogen-bond donors (Lipinski definition) is 1. The summed E-state index contributed by atoms with van der Waals surface area (Å²) in [4.78, 5) is 18.5. The molecule has 7 heteroatoms. The zero-order valence-electron chi connectivity index (χ0n) is 16.5. The molecule has 1 fully saturated rings. The van der Waals surface area contributed by atoms with Crippen molar-refractivity contribution in [3.05, 3.63) is 17.5 Å². The maximum atomic E-state index is 12.0. The summed E-state index contributed by atoms with van der Waals surface area (Å²) in [6.45, 7) is 8.63. The molecule has 0 aliphatic carbocycles. The molecule has 1 saturated heterocycles. The van der Waals surface area contributed by atoms with Crippen LogP contribution in [0.3, 0.4) is 0 Å². The largest absolute Gasteiger partial charge is 0.466 e. The Kier molecular flexibility index (Phi) is 7.94. The minimum absolute atomic E-state index is 0.0889. The van der Waals surface area contributed by atoms with Crippen molar-refractivity contribution in [2.75, 3.05) is 26.7 Å². The van der Waals surface area contributed by atoms with Gasteiger partial charge in [-0.25, -0.2) is 0 Å². The molecule has 1 aromatic heterocycles. The Morgan fingerprint density at radius 2 is 2.23 bits per heavy atom. The fourth-order valence-electron chi connectivity index (χ4n) is 3.43. The summed E-state index contributed by atoms with van der Waals surface area (Å²) in [7, 11) is 1.76. The SMILES string of the molecule is CCOC(=O)C1CCCN(C(=NC)NCc2cc(C(CC)CC)no2)C1. The van der Waals surface area contributed by atoms with Crippen LogP contribution in [0.4, 0.5) is 0 Å². The van der Waals surface area contributed by atoms with Crippen LogP contribution in [0, 0.1) is 5.92 Å². The van der Waals surface area contributed by atoms with Crippen LogP contribution < -0.4 is 5.32 Å². The van der Waals surface area contributed by atoms with E-state index in [0.717, 1.165) is 49.6 Å². The number of guanidine groups is 1. The number of carbonyl (C=O) groups excluding carboxylic acids is 1. The highest BCUT2D eigenvalue weighted by Crippen LogP contribution is 2.22. The lowest BCUT2D eigenvalue weighted by molar-refractivity contribution is -0.149. The summed E-state index contributed by atoms with van der Waals surface area (Å²) < 4.78 is 10.6. The number of carbonyl (C=O) groups is 1. The predicted octanol–water partition coefficient (Wildman–Crippen LogP) is 2.93. The van der Waals surface area contributed by atoms with Gasteiger partial charge in [-0.2, -0.15) is 0 Å².